The van der Waals surface area contributed by atoms with Crippen molar-refractivity contribution in [3.8, 4) is 17.2 Å². The molecule has 2 aromatic carbocycles. The van der Waals surface area contributed by atoms with Crippen LogP contribution in [0.4, 0.5) is 5.69 Å². The van der Waals surface area contributed by atoms with Gasteiger partial charge in [-0.25, -0.2) is 4.98 Å². The highest BCUT2D eigenvalue weighted by molar-refractivity contribution is 5.78. The van der Waals surface area contributed by atoms with Crippen molar-refractivity contribution in [1.29, 1.82) is 0 Å². The molecular weight excluding hydrogens is 428 g/mol. The van der Waals surface area contributed by atoms with Gasteiger partial charge in [0.25, 0.3) is 0 Å². The van der Waals surface area contributed by atoms with Gasteiger partial charge in [-0.15, -0.1) is 0 Å². The van der Waals surface area contributed by atoms with Crippen LogP contribution in [0.15, 0.2) is 53.0 Å². The lowest BCUT2D eigenvalue weighted by Crippen LogP contribution is -2.13. The first-order valence-electron chi connectivity index (χ1n) is 11.7. The number of nitrogens with zero attached hydrogens (tertiary/aromatic N) is 2. The Bertz CT molecular complexity index is 1190. The molecule has 1 unspecified atom stereocenters. The Kier molecular flexibility index (Phi) is 7.06. The number of ether oxygens (including phenoxy) is 1. The summed E-state index contributed by atoms with van der Waals surface area (Å²) in [5, 5.41) is 9.10. The van der Waals surface area contributed by atoms with Gasteiger partial charge in [0.1, 0.15) is 11.5 Å². The van der Waals surface area contributed by atoms with E-state index in [1.807, 2.05) is 51.4 Å². The normalized spacial score (nSPS) is 16.4. The smallest absolute Gasteiger partial charge is 0.307 e. The summed E-state index contributed by atoms with van der Waals surface area (Å²) in [5.74, 6) is 1.82. The van der Waals surface area contributed by atoms with Crippen molar-refractivity contribution in [3.63, 3.8) is 0 Å². The highest BCUT2D eigenvalue weighted by Crippen LogP contribution is 2.39. The molecule has 0 amide bonds. The van der Waals surface area contributed by atoms with Crippen LogP contribution in [0.25, 0.3) is 17.0 Å². The van der Waals surface area contributed by atoms with Gasteiger partial charge < -0.3 is 19.2 Å². The Morgan fingerprint density at radius 3 is 2.71 bits per heavy atom. The van der Waals surface area contributed by atoms with Crippen molar-refractivity contribution in [1.82, 2.24) is 4.98 Å². The van der Waals surface area contributed by atoms with E-state index in [1.165, 1.54) is 0 Å². The van der Waals surface area contributed by atoms with Gasteiger partial charge in [-0.1, -0.05) is 25.1 Å². The van der Waals surface area contributed by atoms with E-state index in [-0.39, 0.29) is 6.42 Å². The minimum Gasteiger partial charge on any atom is -0.493 e. The van der Waals surface area contributed by atoms with Crippen LogP contribution in [0.3, 0.4) is 0 Å². The van der Waals surface area contributed by atoms with Gasteiger partial charge >= 0.3 is 5.97 Å². The third-order valence-corrected chi connectivity index (χ3v) is 6.42. The fraction of sp³-hybridized carbons (Fsp3) is 0.357. The van der Waals surface area contributed by atoms with Crippen LogP contribution in [0, 0.1) is 12.8 Å². The Morgan fingerprint density at radius 2 is 2.00 bits per heavy atom. The number of rotatable bonds is 8. The number of anilines is 1. The zero-order valence-electron chi connectivity index (χ0n) is 20.3. The van der Waals surface area contributed by atoms with Crippen LogP contribution in [-0.4, -0.2) is 36.8 Å². The van der Waals surface area contributed by atoms with E-state index < -0.39 is 5.97 Å². The molecule has 1 aliphatic rings. The maximum Gasteiger partial charge on any atom is 0.307 e. The standard InChI is InChI=1S/C28H32N2O4/c1-18-8-13-24-23(22(18)14-15-27(31)32)6-5-7-26(24)33-17-16-25-19(2)34-28(29-25)20-9-11-21(12-10-20)30(3)4/h5-7,9-12,14,18H,8,13,15-17H2,1-4H3,(H,31,32)/b22-14-. The molecule has 0 bridgehead atoms. The van der Waals surface area contributed by atoms with Crippen LogP contribution in [-0.2, 0) is 17.6 Å². The minimum absolute atomic E-state index is 0.0375. The molecule has 6 nitrogen and oxygen atoms in total. The van der Waals surface area contributed by atoms with Crippen LogP contribution in [0.5, 0.6) is 5.75 Å². The molecule has 3 aromatic rings. The van der Waals surface area contributed by atoms with E-state index in [0.717, 1.165) is 58.0 Å². The molecule has 34 heavy (non-hydrogen) atoms. The number of hydrogen-bond donors (Lipinski definition) is 1. The summed E-state index contributed by atoms with van der Waals surface area (Å²) in [6, 6.07) is 14.2. The maximum atomic E-state index is 11.1. The lowest BCUT2D eigenvalue weighted by molar-refractivity contribution is -0.136. The van der Waals surface area contributed by atoms with Gasteiger partial charge in [0, 0.05) is 37.3 Å². The molecular formula is C28H32N2O4. The Hall–Kier alpha value is -3.54. The molecule has 1 N–H and O–H groups in total. The second kappa shape index (κ2) is 10.2. The van der Waals surface area contributed by atoms with Gasteiger partial charge in [-0.3, -0.25) is 4.79 Å². The molecule has 0 saturated heterocycles. The molecule has 1 heterocycles. The van der Waals surface area contributed by atoms with Crippen LogP contribution < -0.4 is 9.64 Å². The number of aryl methyl sites for hydroxylation is 1. The van der Waals surface area contributed by atoms with E-state index in [2.05, 4.69) is 30.0 Å². The molecule has 4 rings (SSSR count). The lowest BCUT2D eigenvalue weighted by Gasteiger charge is -2.27. The Balaban J connectivity index is 1.45. The second-order valence-electron chi connectivity index (χ2n) is 9.04. The summed E-state index contributed by atoms with van der Waals surface area (Å²) < 4.78 is 12.1. The number of allylic oxidation sites excluding steroid dienone is 1. The molecule has 0 fully saturated rings. The van der Waals surface area contributed by atoms with E-state index in [9.17, 15) is 4.79 Å². The number of fused-ring (bicyclic) bond motifs is 1. The van der Waals surface area contributed by atoms with Gasteiger partial charge in [0.2, 0.25) is 5.89 Å². The zero-order chi connectivity index (χ0) is 24.2. The fourth-order valence-corrected chi connectivity index (χ4v) is 4.46. The number of oxazole rings is 1. The first-order valence-corrected chi connectivity index (χ1v) is 11.7. The summed E-state index contributed by atoms with van der Waals surface area (Å²) in [7, 11) is 4.03. The number of carboxylic acid groups (broad SMARTS) is 1. The van der Waals surface area contributed by atoms with Crippen molar-refractivity contribution in [2.75, 3.05) is 25.6 Å². The largest absolute Gasteiger partial charge is 0.493 e. The van der Waals surface area contributed by atoms with E-state index >= 15 is 0 Å². The third kappa shape index (κ3) is 5.16. The van der Waals surface area contributed by atoms with Crippen molar-refractivity contribution in [2.45, 2.75) is 39.5 Å². The molecule has 1 atom stereocenters. The fourth-order valence-electron chi connectivity index (χ4n) is 4.46. The Morgan fingerprint density at radius 1 is 1.24 bits per heavy atom. The molecule has 0 radical (unpaired) electrons. The number of carbonyl (C=O) groups is 1. The predicted octanol–water partition coefficient (Wildman–Crippen LogP) is 5.78. The zero-order valence-corrected chi connectivity index (χ0v) is 20.3. The summed E-state index contributed by atoms with van der Waals surface area (Å²) >= 11 is 0. The monoisotopic (exact) mass is 460 g/mol. The summed E-state index contributed by atoms with van der Waals surface area (Å²) in [4.78, 5) is 17.8. The average molecular weight is 461 g/mol. The highest BCUT2D eigenvalue weighted by atomic mass is 16.5. The number of aromatic nitrogens is 1. The SMILES string of the molecule is Cc1oc(-c2ccc(N(C)C)cc2)nc1CCOc1cccc2c1CCC(C)/C2=C/CC(=O)O. The average Bonchev–Trinajstić information content (AvgIpc) is 3.18. The van der Waals surface area contributed by atoms with Crippen molar-refractivity contribution >= 4 is 17.2 Å². The third-order valence-electron chi connectivity index (χ3n) is 6.42. The summed E-state index contributed by atoms with van der Waals surface area (Å²) in [6.45, 7) is 4.58. The van der Waals surface area contributed by atoms with Crippen LogP contribution >= 0.6 is 0 Å². The first-order chi connectivity index (χ1) is 16.3. The van der Waals surface area contributed by atoms with Crippen molar-refractivity contribution in [2.24, 2.45) is 5.92 Å². The number of carboxylic acids is 1. The Labute approximate surface area is 200 Å². The molecule has 1 aliphatic carbocycles. The summed E-state index contributed by atoms with van der Waals surface area (Å²) in [6.07, 6.45) is 4.44. The topological polar surface area (TPSA) is 75.8 Å². The highest BCUT2D eigenvalue weighted by Gasteiger charge is 2.23. The van der Waals surface area contributed by atoms with Crippen molar-refractivity contribution < 1.29 is 19.1 Å². The molecule has 0 spiro atoms. The first kappa shape index (κ1) is 23.6. The summed E-state index contributed by atoms with van der Waals surface area (Å²) in [5.41, 5.74) is 6.35. The molecule has 1 aromatic heterocycles. The van der Waals surface area contributed by atoms with Gasteiger partial charge in [0.05, 0.1) is 18.7 Å². The number of aliphatic carboxylic acids is 1. The van der Waals surface area contributed by atoms with Crippen LogP contribution in [0.2, 0.25) is 0 Å². The van der Waals surface area contributed by atoms with Crippen molar-refractivity contribution in [3.05, 3.63) is 71.1 Å². The molecule has 6 heteroatoms. The minimum atomic E-state index is -0.810. The van der Waals surface area contributed by atoms with Crippen LogP contribution in [0.1, 0.15) is 42.3 Å². The molecule has 0 saturated carbocycles. The van der Waals surface area contributed by atoms with Gasteiger partial charge in [-0.2, -0.15) is 0 Å². The lowest BCUT2D eigenvalue weighted by atomic mass is 9.79. The quantitative estimate of drug-likeness (QED) is 0.459. The van der Waals surface area contributed by atoms with E-state index in [0.29, 0.717) is 24.8 Å². The van der Waals surface area contributed by atoms with E-state index in [4.69, 9.17) is 19.2 Å². The van der Waals surface area contributed by atoms with E-state index in [1.54, 1.807) is 0 Å². The molecule has 178 valence electrons. The molecule has 0 aliphatic heterocycles. The second-order valence-corrected chi connectivity index (χ2v) is 9.04. The van der Waals surface area contributed by atoms with Gasteiger partial charge in [-0.05, 0) is 67.2 Å². The number of benzene rings is 2. The maximum absolute atomic E-state index is 11.1. The predicted molar refractivity (Wildman–Crippen MR) is 134 cm³/mol. The number of hydrogen-bond acceptors (Lipinski definition) is 5. The van der Waals surface area contributed by atoms with Gasteiger partial charge in [0.15, 0.2) is 0 Å².